The zero-order valence-electron chi connectivity index (χ0n) is 17.3. The third-order valence-electron chi connectivity index (χ3n) is 4.58. The number of guanidine groups is 1. The Labute approximate surface area is 189 Å². The zero-order valence-corrected chi connectivity index (χ0v) is 19.6. The molecule has 0 aliphatic rings. The fourth-order valence-electron chi connectivity index (χ4n) is 3.15. The van der Waals surface area contributed by atoms with Crippen molar-refractivity contribution in [2.75, 3.05) is 13.6 Å². The molecule has 0 saturated carbocycles. The second-order valence-corrected chi connectivity index (χ2v) is 6.81. The van der Waals surface area contributed by atoms with E-state index in [2.05, 4.69) is 67.5 Å². The summed E-state index contributed by atoms with van der Waals surface area (Å²) in [5.41, 5.74) is 3.52. The molecule has 2 N–H and O–H groups in total. The third kappa shape index (κ3) is 6.88. The van der Waals surface area contributed by atoms with E-state index in [1.165, 1.54) is 11.3 Å². The molecule has 7 nitrogen and oxygen atoms in total. The van der Waals surface area contributed by atoms with Gasteiger partial charge in [-0.25, -0.2) is 4.98 Å². The molecular weight excluding hydrogens is 477 g/mol. The van der Waals surface area contributed by atoms with E-state index in [9.17, 15) is 0 Å². The van der Waals surface area contributed by atoms with Crippen LogP contribution < -0.4 is 10.6 Å². The van der Waals surface area contributed by atoms with Crippen LogP contribution in [0, 0.1) is 13.8 Å². The van der Waals surface area contributed by atoms with E-state index in [0.29, 0.717) is 6.54 Å². The van der Waals surface area contributed by atoms with Gasteiger partial charge in [0.05, 0.1) is 12.2 Å². The van der Waals surface area contributed by atoms with Gasteiger partial charge in [0.25, 0.3) is 0 Å². The van der Waals surface area contributed by atoms with Gasteiger partial charge in [-0.15, -0.1) is 24.0 Å². The fourth-order valence-corrected chi connectivity index (χ4v) is 3.15. The van der Waals surface area contributed by atoms with E-state index in [1.54, 1.807) is 7.05 Å². The van der Waals surface area contributed by atoms with Gasteiger partial charge in [-0.3, -0.25) is 9.67 Å². The van der Waals surface area contributed by atoms with Crippen LogP contribution in [-0.2, 0) is 19.6 Å². The Bertz CT molecular complexity index is 899. The lowest BCUT2D eigenvalue weighted by molar-refractivity contribution is 0.554. The van der Waals surface area contributed by atoms with Crippen molar-refractivity contribution in [1.29, 1.82) is 0 Å². The molecule has 0 spiro atoms. The largest absolute Gasteiger partial charge is 0.356 e. The quantitative estimate of drug-likeness (QED) is 0.213. The van der Waals surface area contributed by atoms with Gasteiger partial charge in [-0.2, -0.15) is 5.10 Å². The SMILES string of the molecule is CN=C(NCCCn1nc(C)cc1C)NCc1nccn1Cc1ccccc1.I. The first-order valence-corrected chi connectivity index (χ1v) is 9.65. The lowest BCUT2D eigenvalue weighted by Gasteiger charge is -2.13. The lowest BCUT2D eigenvalue weighted by atomic mass is 10.2. The van der Waals surface area contributed by atoms with Crippen LogP contribution in [0.15, 0.2) is 53.8 Å². The minimum atomic E-state index is 0. The minimum Gasteiger partial charge on any atom is -0.356 e. The number of benzene rings is 1. The van der Waals surface area contributed by atoms with E-state index in [1.807, 2.05) is 30.1 Å². The summed E-state index contributed by atoms with van der Waals surface area (Å²) in [4.78, 5) is 8.78. The minimum absolute atomic E-state index is 0. The maximum atomic E-state index is 4.49. The van der Waals surface area contributed by atoms with Gasteiger partial charge in [0.1, 0.15) is 5.82 Å². The van der Waals surface area contributed by atoms with Crippen molar-refractivity contribution in [3.8, 4) is 0 Å². The summed E-state index contributed by atoms with van der Waals surface area (Å²) < 4.78 is 4.20. The number of halogens is 1. The first-order chi connectivity index (χ1) is 13.7. The van der Waals surface area contributed by atoms with Crippen molar-refractivity contribution >= 4 is 29.9 Å². The number of rotatable bonds is 8. The summed E-state index contributed by atoms with van der Waals surface area (Å²) in [6.07, 6.45) is 4.82. The molecule has 0 amide bonds. The van der Waals surface area contributed by atoms with E-state index in [4.69, 9.17) is 0 Å². The molecule has 8 heteroatoms. The number of aromatic nitrogens is 4. The van der Waals surface area contributed by atoms with Gasteiger partial charge in [0.15, 0.2) is 5.96 Å². The second-order valence-electron chi connectivity index (χ2n) is 6.81. The summed E-state index contributed by atoms with van der Waals surface area (Å²) in [6, 6.07) is 12.5. The Morgan fingerprint density at radius 1 is 1.14 bits per heavy atom. The van der Waals surface area contributed by atoms with Crippen molar-refractivity contribution < 1.29 is 0 Å². The van der Waals surface area contributed by atoms with E-state index in [0.717, 1.165) is 43.5 Å². The molecule has 0 aliphatic heterocycles. The number of aryl methyl sites for hydroxylation is 3. The van der Waals surface area contributed by atoms with Gasteiger partial charge in [0.2, 0.25) is 0 Å². The lowest BCUT2D eigenvalue weighted by Crippen LogP contribution is -2.38. The highest BCUT2D eigenvalue weighted by atomic mass is 127. The number of hydrogen-bond acceptors (Lipinski definition) is 3. The van der Waals surface area contributed by atoms with Crippen LogP contribution in [0.3, 0.4) is 0 Å². The van der Waals surface area contributed by atoms with Crippen molar-refractivity contribution in [2.45, 2.75) is 39.9 Å². The molecule has 0 bridgehead atoms. The molecule has 0 radical (unpaired) electrons. The molecule has 156 valence electrons. The van der Waals surface area contributed by atoms with Gasteiger partial charge >= 0.3 is 0 Å². The highest BCUT2D eigenvalue weighted by Gasteiger charge is 2.06. The Balaban J connectivity index is 0.00000300. The molecule has 0 fully saturated rings. The average molecular weight is 507 g/mol. The summed E-state index contributed by atoms with van der Waals surface area (Å²) in [5.74, 6) is 1.76. The van der Waals surface area contributed by atoms with Gasteiger partial charge in [-0.1, -0.05) is 30.3 Å². The molecule has 0 atom stereocenters. The highest BCUT2D eigenvalue weighted by molar-refractivity contribution is 14.0. The van der Waals surface area contributed by atoms with E-state index < -0.39 is 0 Å². The van der Waals surface area contributed by atoms with Crippen LogP contribution >= 0.6 is 24.0 Å². The average Bonchev–Trinajstić information content (AvgIpc) is 3.27. The summed E-state index contributed by atoms with van der Waals surface area (Å²) >= 11 is 0. The Hall–Kier alpha value is -2.36. The molecule has 0 unspecified atom stereocenters. The van der Waals surface area contributed by atoms with E-state index >= 15 is 0 Å². The molecule has 1 aromatic carbocycles. The molecule has 3 aromatic rings. The van der Waals surface area contributed by atoms with Crippen LogP contribution in [0.4, 0.5) is 0 Å². The summed E-state index contributed by atoms with van der Waals surface area (Å²) in [7, 11) is 1.78. The van der Waals surface area contributed by atoms with Crippen LogP contribution in [0.25, 0.3) is 0 Å². The monoisotopic (exact) mass is 507 g/mol. The molecule has 0 saturated heterocycles. The number of imidazole rings is 1. The standard InChI is InChI=1S/C21H29N7.HI/c1-17-14-18(2)28(26-17)12-7-10-24-21(22-3)25-15-20-23-11-13-27(20)16-19-8-5-4-6-9-19;/h4-6,8-9,11,13-14H,7,10,12,15-16H2,1-3H3,(H2,22,24,25);1H. The molecule has 29 heavy (non-hydrogen) atoms. The summed E-state index contributed by atoms with van der Waals surface area (Å²) in [5, 5.41) is 11.2. The number of hydrogen-bond donors (Lipinski definition) is 2. The van der Waals surface area contributed by atoms with Crippen molar-refractivity contribution in [2.24, 2.45) is 4.99 Å². The van der Waals surface area contributed by atoms with E-state index in [-0.39, 0.29) is 24.0 Å². The molecule has 0 aliphatic carbocycles. The highest BCUT2D eigenvalue weighted by Crippen LogP contribution is 2.05. The molecular formula is C21H30IN7. The van der Waals surface area contributed by atoms with Crippen LogP contribution in [-0.4, -0.2) is 38.9 Å². The number of nitrogens with one attached hydrogen (secondary N) is 2. The predicted octanol–water partition coefficient (Wildman–Crippen LogP) is 3.12. The predicted molar refractivity (Wildman–Crippen MR) is 128 cm³/mol. The Morgan fingerprint density at radius 3 is 2.62 bits per heavy atom. The smallest absolute Gasteiger partial charge is 0.191 e. The normalized spacial score (nSPS) is 11.2. The first-order valence-electron chi connectivity index (χ1n) is 9.65. The second kappa shape index (κ2) is 11.6. The maximum Gasteiger partial charge on any atom is 0.191 e. The maximum absolute atomic E-state index is 4.49. The van der Waals surface area contributed by atoms with Gasteiger partial charge < -0.3 is 15.2 Å². The van der Waals surface area contributed by atoms with Gasteiger partial charge in [0, 0.05) is 44.8 Å². The Kier molecular flexibility index (Phi) is 9.17. The van der Waals surface area contributed by atoms with Gasteiger partial charge in [-0.05, 0) is 31.9 Å². The number of nitrogens with zero attached hydrogens (tertiary/aromatic N) is 5. The molecule has 2 aromatic heterocycles. The topological polar surface area (TPSA) is 72.1 Å². The number of aliphatic imine (C=N–C) groups is 1. The molecule has 3 rings (SSSR count). The fraction of sp³-hybridized carbons (Fsp3) is 0.381. The van der Waals surface area contributed by atoms with Crippen molar-refractivity contribution in [3.05, 3.63) is 71.6 Å². The molecule has 2 heterocycles. The van der Waals surface area contributed by atoms with Crippen LogP contribution in [0.1, 0.15) is 29.2 Å². The van der Waals surface area contributed by atoms with Crippen LogP contribution in [0.5, 0.6) is 0 Å². The van der Waals surface area contributed by atoms with Crippen molar-refractivity contribution in [3.63, 3.8) is 0 Å². The van der Waals surface area contributed by atoms with Crippen molar-refractivity contribution in [1.82, 2.24) is 30.0 Å². The third-order valence-corrected chi connectivity index (χ3v) is 4.58. The first kappa shape index (κ1) is 22.9. The summed E-state index contributed by atoms with van der Waals surface area (Å²) in [6.45, 7) is 7.27. The zero-order chi connectivity index (χ0) is 19.8. The van der Waals surface area contributed by atoms with Crippen LogP contribution in [0.2, 0.25) is 0 Å². The Morgan fingerprint density at radius 2 is 1.93 bits per heavy atom.